The zero-order valence-electron chi connectivity index (χ0n) is 14.5. The molecule has 0 aromatic heterocycles. The molecule has 0 unspecified atom stereocenters. The highest BCUT2D eigenvalue weighted by Crippen LogP contribution is 2.39. The summed E-state index contributed by atoms with van der Waals surface area (Å²) in [6, 6.07) is 8.30. The monoisotopic (exact) mass is 348 g/mol. The van der Waals surface area contributed by atoms with Gasteiger partial charge in [0.1, 0.15) is 11.6 Å². The quantitative estimate of drug-likeness (QED) is 0.527. The van der Waals surface area contributed by atoms with Crippen LogP contribution in [-0.2, 0) is 0 Å². The molecule has 2 aromatic rings. The fraction of sp³-hybridized carbons (Fsp3) is 0.316. The van der Waals surface area contributed by atoms with Gasteiger partial charge in [-0.1, -0.05) is 0 Å². The van der Waals surface area contributed by atoms with E-state index in [1.807, 2.05) is 20.8 Å². The van der Waals surface area contributed by atoms with Gasteiger partial charge in [-0.3, -0.25) is 0 Å². The second kappa shape index (κ2) is 8.92. The van der Waals surface area contributed by atoms with E-state index in [2.05, 4.69) is 0 Å². The van der Waals surface area contributed by atoms with Gasteiger partial charge in [-0.15, -0.1) is 0 Å². The number of carbonyl (C=O) groups excluding carboxylic acids is 1. The Morgan fingerprint density at radius 1 is 0.880 bits per heavy atom. The molecule has 6 heteroatoms. The van der Waals surface area contributed by atoms with Crippen LogP contribution in [0.25, 0.3) is 0 Å². The Bertz CT molecular complexity index is 685. The third-order valence-corrected chi connectivity index (χ3v) is 3.17. The molecule has 0 N–H and O–H groups in total. The Morgan fingerprint density at radius 3 is 1.88 bits per heavy atom. The zero-order valence-corrected chi connectivity index (χ0v) is 14.5. The van der Waals surface area contributed by atoms with E-state index in [1.54, 1.807) is 12.1 Å². The smallest absolute Gasteiger partial charge is 0.343 e. The van der Waals surface area contributed by atoms with Crippen LogP contribution in [0, 0.1) is 5.82 Å². The predicted octanol–water partition coefficient (Wildman–Crippen LogP) is 4.24. The van der Waals surface area contributed by atoms with E-state index in [0.29, 0.717) is 37.1 Å². The predicted molar refractivity (Wildman–Crippen MR) is 91.3 cm³/mol. The van der Waals surface area contributed by atoms with Crippen molar-refractivity contribution in [2.45, 2.75) is 20.8 Å². The third kappa shape index (κ3) is 4.86. The number of carbonyl (C=O) groups is 1. The first-order valence-corrected chi connectivity index (χ1v) is 8.13. The first-order chi connectivity index (χ1) is 12.1. The first-order valence-electron chi connectivity index (χ1n) is 8.13. The van der Waals surface area contributed by atoms with Crippen LogP contribution in [0.4, 0.5) is 4.39 Å². The van der Waals surface area contributed by atoms with Crippen molar-refractivity contribution in [1.82, 2.24) is 0 Å². The minimum Gasteiger partial charge on any atom is -0.490 e. The lowest BCUT2D eigenvalue weighted by Gasteiger charge is -2.16. The number of esters is 1. The summed E-state index contributed by atoms with van der Waals surface area (Å²) in [6.07, 6.45) is 0. The van der Waals surface area contributed by atoms with Crippen LogP contribution in [0.15, 0.2) is 36.4 Å². The molecule has 134 valence electrons. The molecular formula is C19H21FO5. The average Bonchev–Trinajstić information content (AvgIpc) is 2.60. The minimum absolute atomic E-state index is 0.246. The van der Waals surface area contributed by atoms with Gasteiger partial charge in [0.15, 0.2) is 11.5 Å². The van der Waals surface area contributed by atoms with Crippen LogP contribution in [0.3, 0.4) is 0 Å². The molecular weight excluding hydrogens is 327 g/mol. The van der Waals surface area contributed by atoms with Crippen LogP contribution in [-0.4, -0.2) is 25.8 Å². The maximum Gasteiger partial charge on any atom is 0.343 e. The number of benzene rings is 2. The molecule has 25 heavy (non-hydrogen) atoms. The van der Waals surface area contributed by atoms with Crippen molar-refractivity contribution >= 4 is 5.97 Å². The molecule has 0 spiro atoms. The largest absolute Gasteiger partial charge is 0.490 e. The van der Waals surface area contributed by atoms with Crippen LogP contribution in [0.2, 0.25) is 0 Å². The van der Waals surface area contributed by atoms with Crippen molar-refractivity contribution in [3.63, 3.8) is 0 Å². The highest BCUT2D eigenvalue weighted by atomic mass is 19.1. The van der Waals surface area contributed by atoms with Gasteiger partial charge in [0, 0.05) is 0 Å². The van der Waals surface area contributed by atoms with Gasteiger partial charge >= 0.3 is 5.97 Å². The molecule has 0 aliphatic rings. The van der Waals surface area contributed by atoms with E-state index in [1.165, 1.54) is 24.3 Å². The van der Waals surface area contributed by atoms with Gasteiger partial charge in [0.05, 0.1) is 25.4 Å². The van der Waals surface area contributed by atoms with Crippen molar-refractivity contribution in [3.8, 4) is 23.0 Å². The molecule has 0 atom stereocenters. The zero-order chi connectivity index (χ0) is 18.2. The summed E-state index contributed by atoms with van der Waals surface area (Å²) in [5.74, 6) is 0.498. The lowest BCUT2D eigenvalue weighted by Crippen LogP contribution is -2.11. The fourth-order valence-corrected chi connectivity index (χ4v) is 2.18. The molecule has 5 nitrogen and oxygen atoms in total. The van der Waals surface area contributed by atoms with Gasteiger partial charge in [-0.2, -0.15) is 0 Å². The third-order valence-electron chi connectivity index (χ3n) is 3.17. The number of rotatable bonds is 8. The summed E-state index contributed by atoms with van der Waals surface area (Å²) in [7, 11) is 0. The Morgan fingerprint density at radius 2 is 1.40 bits per heavy atom. The van der Waals surface area contributed by atoms with Gasteiger partial charge in [0.2, 0.25) is 5.75 Å². The highest BCUT2D eigenvalue weighted by Gasteiger charge is 2.19. The van der Waals surface area contributed by atoms with E-state index >= 15 is 0 Å². The van der Waals surface area contributed by atoms with Gasteiger partial charge < -0.3 is 18.9 Å². The van der Waals surface area contributed by atoms with Crippen LogP contribution >= 0.6 is 0 Å². The Labute approximate surface area is 146 Å². The summed E-state index contributed by atoms with van der Waals surface area (Å²) in [5, 5.41) is 0. The maximum absolute atomic E-state index is 13.0. The van der Waals surface area contributed by atoms with E-state index in [4.69, 9.17) is 18.9 Å². The number of hydrogen-bond acceptors (Lipinski definition) is 5. The summed E-state index contributed by atoms with van der Waals surface area (Å²) in [5.41, 5.74) is 0.250. The van der Waals surface area contributed by atoms with E-state index in [0.717, 1.165) is 0 Å². The van der Waals surface area contributed by atoms with Crippen LogP contribution < -0.4 is 18.9 Å². The summed E-state index contributed by atoms with van der Waals surface area (Å²) >= 11 is 0. The summed E-state index contributed by atoms with van der Waals surface area (Å²) < 4.78 is 35.0. The number of ether oxygens (including phenoxy) is 4. The van der Waals surface area contributed by atoms with Gasteiger partial charge in [-0.05, 0) is 57.2 Å². The molecule has 0 bridgehead atoms. The first kappa shape index (κ1) is 18.6. The maximum atomic E-state index is 13.0. The van der Waals surface area contributed by atoms with E-state index in [9.17, 15) is 9.18 Å². The second-order valence-corrected chi connectivity index (χ2v) is 4.94. The molecule has 0 aliphatic carbocycles. The van der Waals surface area contributed by atoms with Crippen molar-refractivity contribution in [2.24, 2.45) is 0 Å². The average molecular weight is 348 g/mol. The van der Waals surface area contributed by atoms with Gasteiger partial charge in [-0.25, -0.2) is 9.18 Å². The topological polar surface area (TPSA) is 54.0 Å². The molecule has 0 saturated heterocycles. The Hall–Kier alpha value is -2.76. The van der Waals surface area contributed by atoms with Crippen molar-refractivity contribution in [1.29, 1.82) is 0 Å². The molecule has 0 heterocycles. The Balaban J connectivity index is 2.34. The minimum atomic E-state index is -0.600. The molecule has 0 amide bonds. The Kier molecular flexibility index (Phi) is 6.62. The molecule has 2 rings (SSSR count). The lowest BCUT2D eigenvalue weighted by molar-refractivity contribution is 0.0733. The normalized spacial score (nSPS) is 10.2. The number of hydrogen-bond donors (Lipinski definition) is 0. The van der Waals surface area contributed by atoms with Crippen molar-refractivity contribution in [2.75, 3.05) is 19.8 Å². The van der Waals surface area contributed by atoms with E-state index < -0.39 is 11.8 Å². The SMILES string of the molecule is CCOc1cc(C(=O)Oc2ccc(F)cc2)cc(OCC)c1OCC. The van der Waals surface area contributed by atoms with Gasteiger partial charge in [0.25, 0.3) is 0 Å². The van der Waals surface area contributed by atoms with Crippen molar-refractivity contribution in [3.05, 3.63) is 47.8 Å². The molecule has 0 fully saturated rings. The number of halogens is 1. The molecule has 0 saturated carbocycles. The molecule has 0 radical (unpaired) electrons. The second-order valence-electron chi connectivity index (χ2n) is 4.94. The summed E-state index contributed by atoms with van der Waals surface area (Å²) in [6.45, 7) is 6.76. The summed E-state index contributed by atoms with van der Waals surface area (Å²) in [4.78, 5) is 12.4. The standard InChI is InChI=1S/C19H21FO5/c1-4-22-16-11-13(12-17(23-5-2)18(16)24-6-3)19(21)25-15-9-7-14(20)8-10-15/h7-12H,4-6H2,1-3H3. The van der Waals surface area contributed by atoms with Crippen molar-refractivity contribution < 1.29 is 28.1 Å². The fourth-order valence-electron chi connectivity index (χ4n) is 2.18. The van der Waals surface area contributed by atoms with Crippen LogP contribution in [0.5, 0.6) is 23.0 Å². The molecule has 0 aliphatic heterocycles. The molecule has 2 aromatic carbocycles. The van der Waals surface area contributed by atoms with Crippen LogP contribution in [0.1, 0.15) is 31.1 Å². The van der Waals surface area contributed by atoms with E-state index in [-0.39, 0.29) is 11.3 Å². The lowest BCUT2D eigenvalue weighted by atomic mass is 10.2. The highest BCUT2D eigenvalue weighted by molar-refractivity contribution is 5.92.